The summed E-state index contributed by atoms with van der Waals surface area (Å²) < 4.78 is 27.9. The fourth-order valence-electron chi connectivity index (χ4n) is 1.99. The third kappa shape index (κ3) is 4.87. The van der Waals surface area contributed by atoms with Gasteiger partial charge in [-0.3, -0.25) is 0 Å². The van der Waals surface area contributed by atoms with Crippen molar-refractivity contribution in [3.8, 4) is 0 Å². The van der Waals surface area contributed by atoms with E-state index in [-0.39, 0.29) is 12.5 Å². The lowest BCUT2D eigenvalue weighted by atomic mass is 10.0. The maximum atomic E-state index is 12.1. The molecule has 2 rings (SSSR count). The van der Waals surface area contributed by atoms with Gasteiger partial charge < -0.3 is 5.11 Å². The third-order valence-electron chi connectivity index (χ3n) is 3.02. The molecule has 4 nitrogen and oxygen atoms in total. The fraction of sp³-hybridized carbons (Fsp3) is 0.385. The molecule has 2 aromatic rings. The molecule has 0 radical (unpaired) electrons. The van der Waals surface area contributed by atoms with E-state index in [1.165, 1.54) is 16.2 Å². The molecule has 0 bridgehead atoms. The van der Waals surface area contributed by atoms with Gasteiger partial charge in [0.1, 0.15) is 4.21 Å². The van der Waals surface area contributed by atoms with Crippen molar-refractivity contribution in [1.82, 2.24) is 4.72 Å². The van der Waals surface area contributed by atoms with Gasteiger partial charge in [0, 0.05) is 18.0 Å². The lowest BCUT2D eigenvalue weighted by Gasteiger charge is -2.14. The predicted molar refractivity (Wildman–Crippen MR) is 90.6 cm³/mol. The highest BCUT2D eigenvalue weighted by Gasteiger charge is 2.18. The summed E-state index contributed by atoms with van der Waals surface area (Å²) in [7, 11) is -3.44. The number of nitrogens with one attached hydrogen (secondary N) is 1. The zero-order chi connectivity index (χ0) is 15.3. The minimum Gasteiger partial charge on any atom is -0.396 e. The lowest BCUT2D eigenvalue weighted by Crippen LogP contribution is -2.25. The molecule has 0 saturated heterocycles. The smallest absolute Gasteiger partial charge is 0.250 e. The monoisotopic (exact) mass is 409 g/mol. The highest BCUT2D eigenvalue weighted by molar-refractivity contribution is 9.11. The van der Waals surface area contributed by atoms with Crippen LogP contribution < -0.4 is 4.72 Å². The van der Waals surface area contributed by atoms with Crippen molar-refractivity contribution in [1.29, 1.82) is 0 Å². The van der Waals surface area contributed by atoms with Gasteiger partial charge in [0.15, 0.2) is 0 Å². The van der Waals surface area contributed by atoms with Gasteiger partial charge in [-0.15, -0.1) is 22.7 Å². The van der Waals surface area contributed by atoms with Crippen molar-refractivity contribution >= 4 is 48.6 Å². The molecule has 0 fully saturated rings. The van der Waals surface area contributed by atoms with Crippen LogP contribution in [0.4, 0.5) is 0 Å². The Morgan fingerprint density at radius 1 is 1.29 bits per heavy atom. The van der Waals surface area contributed by atoms with E-state index in [1.807, 2.05) is 17.5 Å². The van der Waals surface area contributed by atoms with Gasteiger partial charge in [-0.25, -0.2) is 13.1 Å². The van der Waals surface area contributed by atoms with Crippen LogP contribution in [0.3, 0.4) is 0 Å². The summed E-state index contributed by atoms with van der Waals surface area (Å²) in [6.07, 6.45) is 1.32. The zero-order valence-electron chi connectivity index (χ0n) is 11.2. The Bertz CT molecular complexity index is 652. The molecule has 0 aromatic carbocycles. The molecule has 0 aliphatic heterocycles. The normalized spacial score (nSPS) is 13.4. The number of hydrogen-bond acceptors (Lipinski definition) is 5. The van der Waals surface area contributed by atoms with E-state index in [1.54, 1.807) is 23.5 Å². The van der Waals surface area contributed by atoms with Crippen molar-refractivity contribution < 1.29 is 13.5 Å². The summed E-state index contributed by atoms with van der Waals surface area (Å²) in [6, 6.07) is 7.30. The minimum absolute atomic E-state index is 0.104. The molecule has 1 atom stereocenters. The van der Waals surface area contributed by atoms with Gasteiger partial charge in [-0.1, -0.05) is 6.07 Å². The number of thiophene rings is 2. The van der Waals surface area contributed by atoms with Crippen LogP contribution in [0.5, 0.6) is 0 Å². The summed E-state index contributed by atoms with van der Waals surface area (Å²) in [5, 5.41) is 11.1. The van der Waals surface area contributed by atoms with Crippen LogP contribution in [0.1, 0.15) is 23.6 Å². The summed E-state index contributed by atoms with van der Waals surface area (Å²) in [4.78, 5) is 1.18. The molecule has 2 aromatic heterocycles. The van der Waals surface area contributed by atoms with Crippen molar-refractivity contribution in [2.75, 3.05) is 13.2 Å². The van der Waals surface area contributed by atoms with Gasteiger partial charge in [0.25, 0.3) is 0 Å². The summed E-state index contributed by atoms with van der Waals surface area (Å²) in [6.45, 7) is 0.466. The van der Waals surface area contributed by atoms with Crippen LogP contribution in [-0.4, -0.2) is 26.7 Å². The molecule has 0 spiro atoms. The standard InChI is InChI=1S/C13H16BrNO3S3/c14-12-3-4-13(20-12)21(17,18)15-7-5-10(6-8-16)11-2-1-9-19-11/h1-4,9-10,15-16H,5-8H2/t10-/m1/s1. The maximum Gasteiger partial charge on any atom is 0.250 e. The van der Waals surface area contributed by atoms with E-state index in [2.05, 4.69) is 20.7 Å². The quantitative estimate of drug-likeness (QED) is 0.701. The van der Waals surface area contributed by atoms with E-state index >= 15 is 0 Å². The van der Waals surface area contributed by atoms with E-state index in [0.717, 1.165) is 3.79 Å². The van der Waals surface area contributed by atoms with E-state index in [9.17, 15) is 8.42 Å². The second-order valence-corrected chi connectivity index (χ2v) is 9.91. The van der Waals surface area contributed by atoms with Crippen LogP contribution in [-0.2, 0) is 10.0 Å². The molecule has 0 saturated carbocycles. The Morgan fingerprint density at radius 3 is 2.67 bits per heavy atom. The first-order valence-electron chi connectivity index (χ1n) is 6.42. The minimum atomic E-state index is -3.44. The van der Waals surface area contributed by atoms with Crippen LogP contribution in [0, 0.1) is 0 Å². The average Bonchev–Trinajstić information content (AvgIpc) is 3.08. The van der Waals surface area contributed by atoms with Gasteiger partial charge in [-0.2, -0.15) is 0 Å². The molecular formula is C13H16BrNO3S3. The first kappa shape index (κ1) is 17.1. The highest BCUT2D eigenvalue weighted by Crippen LogP contribution is 2.28. The predicted octanol–water partition coefficient (Wildman–Crippen LogP) is 3.41. The Balaban J connectivity index is 1.93. The fourth-order valence-corrected chi connectivity index (χ4v) is 5.99. The Labute approximate surface area is 141 Å². The van der Waals surface area contributed by atoms with Crippen molar-refractivity contribution in [3.05, 3.63) is 38.3 Å². The van der Waals surface area contributed by atoms with E-state index in [0.29, 0.717) is 23.6 Å². The maximum absolute atomic E-state index is 12.1. The second-order valence-electron chi connectivity index (χ2n) is 4.47. The number of aliphatic hydroxyl groups excluding tert-OH is 1. The molecular weight excluding hydrogens is 394 g/mol. The van der Waals surface area contributed by atoms with Crippen molar-refractivity contribution in [2.45, 2.75) is 23.0 Å². The highest BCUT2D eigenvalue weighted by atomic mass is 79.9. The number of sulfonamides is 1. The van der Waals surface area contributed by atoms with Gasteiger partial charge in [0.05, 0.1) is 3.79 Å². The van der Waals surface area contributed by atoms with Gasteiger partial charge >= 0.3 is 0 Å². The molecule has 0 aliphatic carbocycles. The lowest BCUT2D eigenvalue weighted by molar-refractivity contribution is 0.273. The van der Waals surface area contributed by atoms with Crippen LogP contribution >= 0.6 is 38.6 Å². The summed E-state index contributed by atoms with van der Waals surface area (Å²) in [5.41, 5.74) is 0. The largest absolute Gasteiger partial charge is 0.396 e. The number of halogens is 1. The van der Waals surface area contributed by atoms with E-state index in [4.69, 9.17) is 5.11 Å². The van der Waals surface area contributed by atoms with Crippen molar-refractivity contribution in [2.24, 2.45) is 0 Å². The SMILES string of the molecule is O=S(=O)(NCC[C@H](CCO)c1cccs1)c1ccc(Br)s1. The topological polar surface area (TPSA) is 66.4 Å². The van der Waals surface area contributed by atoms with Gasteiger partial charge in [-0.05, 0) is 58.3 Å². The Kier molecular flexibility index (Phi) is 6.39. The molecule has 116 valence electrons. The molecule has 0 aliphatic rings. The van der Waals surface area contributed by atoms with E-state index < -0.39 is 10.0 Å². The zero-order valence-corrected chi connectivity index (χ0v) is 15.2. The molecule has 8 heteroatoms. The Morgan fingerprint density at radius 2 is 2.10 bits per heavy atom. The number of rotatable bonds is 8. The van der Waals surface area contributed by atoms with Crippen LogP contribution in [0.2, 0.25) is 0 Å². The number of hydrogen-bond donors (Lipinski definition) is 2. The van der Waals surface area contributed by atoms with Crippen molar-refractivity contribution in [3.63, 3.8) is 0 Å². The molecule has 2 N–H and O–H groups in total. The summed E-state index contributed by atoms with van der Waals surface area (Å²) >= 11 is 6.09. The van der Waals surface area contributed by atoms with Crippen LogP contribution in [0.25, 0.3) is 0 Å². The Hall–Kier alpha value is -0.250. The molecule has 0 unspecified atom stereocenters. The molecule has 21 heavy (non-hydrogen) atoms. The third-order valence-corrected chi connectivity index (χ3v) is 7.63. The molecule has 2 heterocycles. The number of aliphatic hydroxyl groups is 1. The molecule has 0 amide bonds. The van der Waals surface area contributed by atoms with Crippen LogP contribution in [0.15, 0.2) is 37.6 Å². The first-order valence-corrected chi connectivity index (χ1v) is 10.4. The summed E-state index contributed by atoms with van der Waals surface area (Å²) in [5.74, 6) is 0.188. The van der Waals surface area contributed by atoms with Gasteiger partial charge in [0.2, 0.25) is 10.0 Å². The average molecular weight is 410 g/mol. The second kappa shape index (κ2) is 7.85. The first-order chi connectivity index (χ1) is 10.0.